The molecule has 0 aliphatic heterocycles. The lowest BCUT2D eigenvalue weighted by molar-refractivity contribution is 0.102. The van der Waals surface area contributed by atoms with Gasteiger partial charge in [-0.25, -0.2) is 13.4 Å². The van der Waals surface area contributed by atoms with Crippen LogP contribution in [0.1, 0.15) is 29.9 Å². The number of benzene rings is 1. The van der Waals surface area contributed by atoms with E-state index in [4.69, 9.17) is 0 Å². The second kappa shape index (κ2) is 7.11. The molecule has 7 heteroatoms. The Labute approximate surface area is 142 Å². The van der Waals surface area contributed by atoms with Crippen LogP contribution in [-0.2, 0) is 10.0 Å². The van der Waals surface area contributed by atoms with Crippen molar-refractivity contribution >= 4 is 21.7 Å². The standard InChI is InChI=1S/C17H21N3O3S/c1-12(2)20(4)24(22,23)15-9-6-8-14(11-15)17(21)19-16-10-5-7-13(3)18-16/h5-12H,1-4H3,(H,18,19,21). The van der Waals surface area contributed by atoms with E-state index in [9.17, 15) is 13.2 Å². The number of anilines is 1. The molecule has 1 amide bonds. The Morgan fingerprint density at radius 2 is 1.83 bits per heavy atom. The topological polar surface area (TPSA) is 79.4 Å². The number of hydrogen-bond donors (Lipinski definition) is 1. The number of sulfonamides is 1. The Morgan fingerprint density at radius 3 is 2.46 bits per heavy atom. The molecule has 0 unspecified atom stereocenters. The van der Waals surface area contributed by atoms with Crippen LogP contribution >= 0.6 is 0 Å². The van der Waals surface area contributed by atoms with Gasteiger partial charge in [0.1, 0.15) is 5.82 Å². The molecule has 24 heavy (non-hydrogen) atoms. The SMILES string of the molecule is Cc1cccc(NC(=O)c2cccc(S(=O)(=O)N(C)C(C)C)c2)n1. The Balaban J connectivity index is 2.29. The maximum Gasteiger partial charge on any atom is 0.256 e. The number of nitrogens with one attached hydrogen (secondary N) is 1. The van der Waals surface area contributed by atoms with Crippen molar-refractivity contribution < 1.29 is 13.2 Å². The summed E-state index contributed by atoms with van der Waals surface area (Å²) in [6.45, 7) is 5.40. The van der Waals surface area contributed by atoms with Crippen LogP contribution in [0.5, 0.6) is 0 Å². The first-order chi connectivity index (χ1) is 11.2. The monoisotopic (exact) mass is 347 g/mol. The van der Waals surface area contributed by atoms with Crippen molar-refractivity contribution in [1.29, 1.82) is 0 Å². The number of rotatable bonds is 5. The minimum atomic E-state index is -3.64. The highest BCUT2D eigenvalue weighted by Gasteiger charge is 2.23. The van der Waals surface area contributed by atoms with Crippen molar-refractivity contribution in [2.75, 3.05) is 12.4 Å². The molecule has 0 aliphatic rings. The van der Waals surface area contributed by atoms with Crippen molar-refractivity contribution in [1.82, 2.24) is 9.29 Å². The number of aromatic nitrogens is 1. The number of amides is 1. The van der Waals surface area contributed by atoms with Crippen molar-refractivity contribution in [3.05, 3.63) is 53.7 Å². The zero-order valence-electron chi connectivity index (χ0n) is 14.1. The molecule has 0 saturated heterocycles. The van der Waals surface area contributed by atoms with Gasteiger partial charge in [-0.15, -0.1) is 0 Å². The summed E-state index contributed by atoms with van der Waals surface area (Å²) in [7, 11) is -2.12. The van der Waals surface area contributed by atoms with Gasteiger partial charge in [-0.1, -0.05) is 12.1 Å². The molecular formula is C17H21N3O3S. The number of hydrogen-bond acceptors (Lipinski definition) is 4. The maximum absolute atomic E-state index is 12.5. The summed E-state index contributed by atoms with van der Waals surface area (Å²) >= 11 is 0. The predicted molar refractivity (Wildman–Crippen MR) is 93.5 cm³/mol. The van der Waals surface area contributed by atoms with Crippen molar-refractivity contribution in [2.45, 2.75) is 31.7 Å². The van der Waals surface area contributed by atoms with E-state index in [1.54, 1.807) is 38.1 Å². The van der Waals surface area contributed by atoms with Gasteiger partial charge in [-0.05, 0) is 51.1 Å². The second-order valence-electron chi connectivity index (χ2n) is 5.76. The quantitative estimate of drug-likeness (QED) is 0.902. The van der Waals surface area contributed by atoms with Crippen LogP contribution in [0.2, 0.25) is 0 Å². The van der Waals surface area contributed by atoms with Crippen LogP contribution in [-0.4, -0.2) is 36.7 Å². The second-order valence-corrected chi connectivity index (χ2v) is 7.76. The average molecular weight is 347 g/mol. The molecule has 0 saturated carbocycles. The minimum absolute atomic E-state index is 0.0866. The fraction of sp³-hybridized carbons (Fsp3) is 0.294. The maximum atomic E-state index is 12.5. The highest BCUT2D eigenvalue weighted by atomic mass is 32.2. The third-order valence-electron chi connectivity index (χ3n) is 3.63. The molecule has 0 bridgehead atoms. The average Bonchev–Trinajstić information content (AvgIpc) is 2.54. The number of carbonyl (C=O) groups excluding carboxylic acids is 1. The Hall–Kier alpha value is -2.25. The lowest BCUT2D eigenvalue weighted by Gasteiger charge is -2.21. The van der Waals surface area contributed by atoms with E-state index in [0.29, 0.717) is 5.82 Å². The van der Waals surface area contributed by atoms with Gasteiger partial charge >= 0.3 is 0 Å². The molecule has 1 aromatic heterocycles. The summed E-state index contributed by atoms with van der Waals surface area (Å²) < 4.78 is 26.3. The predicted octanol–water partition coefficient (Wildman–Crippen LogP) is 2.67. The van der Waals surface area contributed by atoms with Gasteiger partial charge < -0.3 is 5.32 Å². The molecule has 0 spiro atoms. The third kappa shape index (κ3) is 3.98. The highest BCUT2D eigenvalue weighted by Crippen LogP contribution is 2.18. The first-order valence-electron chi connectivity index (χ1n) is 7.55. The molecule has 128 valence electrons. The minimum Gasteiger partial charge on any atom is -0.307 e. The molecule has 0 radical (unpaired) electrons. The van der Waals surface area contributed by atoms with Crippen LogP contribution in [0, 0.1) is 6.92 Å². The lowest BCUT2D eigenvalue weighted by Crippen LogP contribution is -2.33. The van der Waals surface area contributed by atoms with Gasteiger partial charge in [-0.3, -0.25) is 4.79 Å². The molecular weight excluding hydrogens is 326 g/mol. The smallest absolute Gasteiger partial charge is 0.256 e. The van der Waals surface area contributed by atoms with E-state index in [1.807, 2.05) is 13.0 Å². The number of aryl methyl sites for hydroxylation is 1. The molecule has 1 aromatic carbocycles. The van der Waals surface area contributed by atoms with Gasteiger partial charge in [0.05, 0.1) is 4.90 Å². The Kier molecular flexibility index (Phi) is 5.36. The van der Waals surface area contributed by atoms with Crippen LogP contribution in [0.15, 0.2) is 47.4 Å². The highest BCUT2D eigenvalue weighted by molar-refractivity contribution is 7.89. The van der Waals surface area contributed by atoms with Crippen LogP contribution in [0.4, 0.5) is 5.82 Å². The molecule has 2 aromatic rings. The van der Waals surface area contributed by atoms with Crippen LogP contribution in [0.3, 0.4) is 0 Å². The van der Waals surface area contributed by atoms with Gasteiger partial charge in [0.2, 0.25) is 10.0 Å². The van der Waals surface area contributed by atoms with E-state index < -0.39 is 15.9 Å². The van der Waals surface area contributed by atoms with Crippen molar-refractivity contribution in [3.8, 4) is 0 Å². The molecule has 0 atom stereocenters. The molecule has 1 heterocycles. The fourth-order valence-electron chi connectivity index (χ4n) is 2.04. The molecule has 2 rings (SSSR count). The van der Waals surface area contributed by atoms with E-state index in [-0.39, 0.29) is 16.5 Å². The number of pyridine rings is 1. The zero-order chi connectivity index (χ0) is 17.9. The fourth-order valence-corrected chi connectivity index (χ4v) is 3.46. The summed E-state index contributed by atoms with van der Waals surface area (Å²) in [5.41, 5.74) is 1.04. The number of nitrogens with zero attached hydrogens (tertiary/aromatic N) is 2. The Bertz CT molecular complexity index is 848. The molecule has 6 nitrogen and oxygen atoms in total. The Morgan fingerprint density at radius 1 is 1.17 bits per heavy atom. The lowest BCUT2D eigenvalue weighted by atomic mass is 10.2. The summed E-state index contributed by atoms with van der Waals surface area (Å²) in [6, 6.07) is 11.1. The van der Waals surface area contributed by atoms with Crippen LogP contribution in [0.25, 0.3) is 0 Å². The zero-order valence-corrected chi connectivity index (χ0v) is 15.0. The van der Waals surface area contributed by atoms with E-state index in [2.05, 4.69) is 10.3 Å². The third-order valence-corrected chi connectivity index (χ3v) is 5.66. The number of carbonyl (C=O) groups is 1. The normalized spacial score (nSPS) is 11.8. The van der Waals surface area contributed by atoms with Gasteiger partial charge in [-0.2, -0.15) is 4.31 Å². The van der Waals surface area contributed by atoms with Crippen molar-refractivity contribution in [2.24, 2.45) is 0 Å². The van der Waals surface area contributed by atoms with E-state index >= 15 is 0 Å². The summed E-state index contributed by atoms with van der Waals surface area (Å²) in [6.07, 6.45) is 0. The first-order valence-corrected chi connectivity index (χ1v) is 8.99. The molecule has 0 fully saturated rings. The van der Waals surface area contributed by atoms with Gasteiger partial charge in [0, 0.05) is 24.3 Å². The summed E-state index contributed by atoms with van der Waals surface area (Å²) in [5, 5.41) is 2.67. The largest absolute Gasteiger partial charge is 0.307 e. The van der Waals surface area contributed by atoms with Crippen LogP contribution < -0.4 is 5.32 Å². The van der Waals surface area contributed by atoms with Gasteiger partial charge in [0.25, 0.3) is 5.91 Å². The molecule has 0 aliphatic carbocycles. The van der Waals surface area contributed by atoms with Crippen molar-refractivity contribution in [3.63, 3.8) is 0 Å². The summed E-state index contributed by atoms with van der Waals surface area (Å²) in [5.74, 6) is 0.0184. The first kappa shape index (κ1) is 18.1. The van der Waals surface area contributed by atoms with E-state index in [1.165, 1.54) is 23.5 Å². The van der Waals surface area contributed by atoms with E-state index in [0.717, 1.165) is 5.69 Å². The molecule has 1 N–H and O–H groups in total. The van der Waals surface area contributed by atoms with Gasteiger partial charge in [0.15, 0.2) is 0 Å². The summed E-state index contributed by atoms with van der Waals surface area (Å²) in [4.78, 5) is 16.6.